The summed E-state index contributed by atoms with van der Waals surface area (Å²) in [5.74, 6) is 0.504. The number of aromatic amines is 1. The molecule has 0 spiro atoms. The fraction of sp³-hybridized carbons (Fsp3) is 0.182. The highest BCUT2D eigenvalue weighted by Gasteiger charge is 2.07. The van der Waals surface area contributed by atoms with Crippen molar-refractivity contribution in [1.29, 1.82) is 0 Å². The first-order valence-corrected chi connectivity index (χ1v) is 5.36. The van der Waals surface area contributed by atoms with Crippen LogP contribution in [0.15, 0.2) is 22.7 Å². The first kappa shape index (κ1) is 10.4. The number of nitrogens with one attached hydrogen (secondary N) is 1. The molecule has 0 fully saturated rings. The van der Waals surface area contributed by atoms with E-state index in [4.69, 9.17) is 0 Å². The summed E-state index contributed by atoms with van der Waals surface area (Å²) in [5, 5.41) is 0. The Balaban J connectivity index is 2.49. The van der Waals surface area contributed by atoms with Gasteiger partial charge in [-0.25, -0.2) is 9.37 Å². The lowest BCUT2D eigenvalue weighted by Crippen LogP contribution is -1.83. The monoisotopic (exact) mass is 268 g/mol. The third-order valence-corrected chi connectivity index (χ3v) is 2.93. The summed E-state index contributed by atoms with van der Waals surface area (Å²) < 4.78 is 13.5. The second-order valence-corrected chi connectivity index (χ2v) is 4.28. The zero-order valence-electron chi connectivity index (χ0n) is 8.44. The minimum Gasteiger partial charge on any atom is -0.342 e. The lowest BCUT2D eigenvalue weighted by Gasteiger charge is -1.98. The Bertz CT molecular complexity index is 486. The average Bonchev–Trinajstić information content (AvgIpc) is 2.52. The second-order valence-electron chi connectivity index (χ2n) is 3.42. The minimum atomic E-state index is -0.265. The molecule has 2 aromatic rings. The van der Waals surface area contributed by atoms with Crippen molar-refractivity contribution >= 4 is 15.9 Å². The number of H-pyrrole nitrogens is 1. The van der Waals surface area contributed by atoms with Crippen LogP contribution in [0.1, 0.15) is 11.4 Å². The molecule has 1 aromatic carbocycles. The minimum absolute atomic E-state index is 0.265. The van der Waals surface area contributed by atoms with Gasteiger partial charge in [0.1, 0.15) is 11.6 Å². The normalized spacial score (nSPS) is 10.7. The zero-order chi connectivity index (χ0) is 11.0. The van der Waals surface area contributed by atoms with Gasteiger partial charge in [-0.1, -0.05) is 0 Å². The summed E-state index contributed by atoms with van der Waals surface area (Å²) in [5.41, 5.74) is 2.87. The molecule has 2 rings (SSSR count). The molecule has 0 saturated heterocycles. The largest absolute Gasteiger partial charge is 0.342 e. The van der Waals surface area contributed by atoms with Gasteiger partial charge < -0.3 is 4.98 Å². The van der Waals surface area contributed by atoms with Crippen molar-refractivity contribution < 1.29 is 4.39 Å². The maximum Gasteiger partial charge on any atom is 0.137 e. The molecule has 0 aliphatic carbocycles. The van der Waals surface area contributed by atoms with Crippen LogP contribution in [0.4, 0.5) is 4.39 Å². The van der Waals surface area contributed by atoms with Gasteiger partial charge in [0.25, 0.3) is 0 Å². The van der Waals surface area contributed by atoms with E-state index < -0.39 is 0 Å². The van der Waals surface area contributed by atoms with Crippen molar-refractivity contribution in [3.05, 3.63) is 39.9 Å². The molecular weight excluding hydrogens is 259 g/mol. The van der Waals surface area contributed by atoms with Crippen LogP contribution in [-0.2, 0) is 0 Å². The van der Waals surface area contributed by atoms with Crippen LogP contribution in [0.3, 0.4) is 0 Å². The molecule has 0 aliphatic heterocycles. The Morgan fingerprint density at radius 2 is 2.07 bits per heavy atom. The van der Waals surface area contributed by atoms with Crippen LogP contribution in [0.5, 0.6) is 0 Å². The molecule has 0 radical (unpaired) electrons. The summed E-state index contributed by atoms with van der Waals surface area (Å²) in [7, 11) is 0. The van der Waals surface area contributed by atoms with Gasteiger partial charge in [0.2, 0.25) is 0 Å². The van der Waals surface area contributed by atoms with Gasteiger partial charge in [-0.15, -0.1) is 0 Å². The number of aryl methyl sites for hydroxylation is 2. The van der Waals surface area contributed by atoms with E-state index in [2.05, 4.69) is 25.9 Å². The Labute approximate surface area is 95.7 Å². The third-order valence-electron chi connectivity index (χ3n) is 2.32. The van der Waals surface area contributed by atoms with Crippen LogP contribution in [0.2, 0.25) is 0 Å². The van der Waals surface area contributed by atoms with Gasteiger partial charge in [0, 0.05) is 11.3 Å². The Morgan fingerprint density at radius 1 is 1.33 bits per heavy atom. The fourth-order valence-electron chi connectivity index (χ4n) is 1.33. The van der Waals surface area contributed by atoms with Crippen molar-refractivity contribution in [3.63, 3.8) is 0 Å². The molecule has 15 heavy (non-hydrogen) atoms. The first-order chi connectivity index (χ1) is 7.08. The molecule has 0 bridgehead atoms. The van der Waals surface area contributed by atoms with Gasteiger partial charge in [-0.05, 0) is 48.0 Å². The number of hydrogen-bond acceptors (Lipinski definition) is 1. The lowest BCUT2D eigenvalue weighted by molar-refractivity contribution is 0.621. The number of halogens is 2. The van der Waals surface area contributed by atoms with Gasteiger partial charge in [-0.2, -0.15) is 0 Å². The molecular formula is C11H10BrFN2. The maximum absolute atomic E-state index is 13.0. The van der Waals surface area contributed by atoms with Crippen molar-refractivity contribution in [1.82, 2.24) is 9.97 Å². The van der Waals surface area contributed by atoms with Crippen molar-refractivity contribution in [3.8, 4) is 11.4 Å². The molecule has 78 valence electrons. The number of hydrogen-bond donors (Lipinski definition) is 1. The number of benzene rings is 1. The molecule has 0 aliphatic rings. The molecule has 0 amide bonds. The van der Waals surface area contributed by atoms with E-state index in [9.17, 15) is 4.39 Å². The SMILES string of the molecule is Cc1nc(-c2ccc(F)c(Br)c2)[nH]c1C. The van der Waals surface area contributed by atoms with E-state index in [-0.39, 0.29) is 5.82 Å². The van der Waals surface area contributed by atoms with Crippen LogP contribution in [0.25, 0.3) is 11.4 Å². The number of rotatable bonds is 1. The Kier molecular flexibility index (Phi) is 2.61. The summed E-state index contributed by atoms with van der Waals surface area (Å²) in [4.78, 5) is 7.51. The molecule has 2 nitrogen and oxygen atoms in total. The Hall–Kier alpha value is -1.16. The van der Waals surface area contributed by atoms with Crippen LogP contribution < -0.4 is 0 Å². The molecule has 0 atom stereocenters. The van der Waals surface area contributed by atoms with E-state index in [1.165, 1.54) is 6.07 Å². The summed E-state index contributed by atoms with van der Waals surface area (Å²) in [6.45, 7) is 3.90. The smallest absolute Gasteiger partial charge is 0.137 e. The van der Waals surface area contributed by atoms with E-state index in [1.54, 1.807) is 12.1 Å². The topological polar surface area (TPSA) is 28.7 Å². The number of nitrogens with zero attached hydrogens (tertiary/aromatic N) is 1. The van der Waals surface area contributed by atoms with Crippen molar-refractivity contribution in [2.75, 3.05) is 0 Å². The van der Waals surface area contributed by atoms with E-state index in [0.717, 1.165) is 22.8 Å². The second kappa shape index (κ2) is 3.77. The average molecular weight is 269 g/mol. The number of imidazole rings is 1. The zero-order valence-corrected chi connectivity index (χ0v) is 10.0. The van der Waals surface area contributed by atoms with E-state index >= 15 is 0 Å². The highest BCUT2D eigenvalue weighted by molar-refractivity contribution is 9.10. The maximum atomic E-state index is 13.0. The van der Waals surface area contributed by atoms with Gasteiger partial charge in [-0.3, -0.25) is 0 Å². The quantitative estimate of drug-likeness (QED) is 0.841. The highest BCUT2D eigenvalue weighted by atomic mass is 79.9. The van der Waals surface area contributed by atoms with E-state index in [1.807, 2.05) is 13.8 Å². The Morgan fingerprint density at radius 3 is 2.60 bits per heavy atom. The molecule has 0 saturated carbocycles. The first-order valence-electron chi connectivity index (χ1n) is 4.56. The molecule has 1 N–H and O–H groups in total. The summed E-state index contributed by atoms with van der Waals surface area (Å²) in [6.07, 6.45) is 0. The summed E-state index contributed by atoms with van der Waals surface area (Å²) >= 11 is 3.15. The molecule has 1 aromatic heterocycles. The van der Waals surface area contributed by atoms with Crippen LogP contribution in [-0.4, -0.2) is 9.97 Å². The highest BCUT2D eigenvalue weighted by Crippen LogP contribution is 2.23. The van der Waals surface area contributed by atoms with E-state index in [0.29, 0.717) is 4.47 Å². The molecule has 4 heteroatoms. The predicted molar refractivity (Wildman–Crippen MR) is 61.2 cm³/mol. The van der Waals surface area contributed by atoms with Gasteiger partial charge in [0.15, 0.2) is 0 Å². The molecule has 0 unspecified atom stereocenters. The third kappa shape index (κ3) is 1.95. The predicted octanol–water partition coefficient (Wildman–Crippen LogP) is 3.60. The fourth-order valence-corrected chi connectivity index (χ4v) is 1.71. The number of aromatic nitrogens is 2. The van der Waals surface area contributed by atoms with Gasteiger partial charge >= 0.3 is 0 Å². The summed E-state index contributed by atoms with van der Waals surface area (Å²) in [6, 6.07) is 4.84. The van der Waals surface area contributed by atoms with Crippen LogP contribution in [0, 0.1) is 19.7 Å². The van der Waals surface area contributed by atoms with Crippen molar-refractivity contribution in [2.24, 2.45) is 0 Å². The van der Waals surface area contributed by atoms with Crippen LogP contribution >= 0.6 is 15.9 Å². The van der Waals surface area contributed by atoms with Crippen molar-refractivity contribution in [2.45, 2.75) is 13.8 Å². The van der Waals surface area contributed by atoms with Gasteiger partial charge in [0.05, 0.1) is 10.2 Å². The molecule has 1 heterocycles. The standard InChI is InChI=1S/C11H10BrFN2/c1-6-7(2)15-11(14-6)8-3-4-10(13)9(12)5-8/h3-5H,1-2H3,(H,14,15). The lowest BCUT2D eigenvalue weighted by atomic mass is 10.2.